The number of amides is 3. The molecule has 5 bridgehead atoms. The number of nitrogens with zero attached hydrogens (tertiary/aromatic N) is 2. The first-order chi connectivity index (χ1) is 21.3. The lowest BCUT2D eigenvalue weighted by molar-refractivity contribution is -0.157. The Morgan fingerprint density at radius 2 is 1.80 bits per heavy atom. The average Bonchev–Trinajstić information content (AvgIpc) is 3.00. The largest absolute Gasteiger partial charge is 0.455 e. The number of esters is 1. The van der Waals surface area contributed by atoms with Crippen LogP contribution in [0.25, 0.3) is 17.0 Å². The minimum atomic E-state index is -0.935. The van der Waals surface area contributed by atoms with E-state index >= 15 is 0 Å². The number of carbonyl (C=O) groups is 4. The van der Waals surface area contributed by atoms with E-state index in [-0.39, 0.29) is 17.7 Å². The molecule has 1 aromatic heterocycles. The third-order valence-electron chi connectivity index (χ3n) is 8.98. The van der Waals surface area contributed by atoms with E-state index in [4.69, 9.17) is 14.5 Å². The van der Waals surface area contributed by atoms with Gasteiger partial charge in [0.25, 0.3) is 5.91 Å². The highest BCUT2D eigenvalue weighted by Gasteiger charge is 2.46. The van der Waals surface area contributed by atoms with Crippen molar-refractivity contribution in [2.45, 2.75) is 97.1 Å². The maximum absolute atomic E-state index is 14.2. The molecule has 11 nitrogen and oxygen atoms in total. The van der Waals surface area contributed by atoms with Gasteiger partial charge in [-0.15, -0.1) is 0 Å². The summed E-state index contributed by atoms with van der Waals surface area (Å²) in [5, 5.41) is 8.12. The van der Waals surface area contributed by atoms with E-state index in [1.54, 1.807) is 13.8 Å². The van der Waals surface area contributed by atoms with Crippen LogP contribution in [-0.2, 0) is 28.7 Å². The standard InChI is InChI=1S/C34H45N5O6/c1-20(2)28-29(40)35-21(3)30(41)39-16-7-8-26(38-39)31(42)45-22(4)25-12-11-24-10-9-23(18-27(24)36-25)13-14-34(32(43)37-28)15-17-44-33(5,6)19-34/h9-14,18,20-22,26,28,38H,7-8,15-17,19H2,1-6H3,(H,35,40)(H,37,43)/t21-,22+,26-,28-,34+/m0/s1. The molecule has 0 unspecified atom stereocenters. The topological polar surface area (TPSA) is 139 Å². The number of nitrogens with one attached hydrogen (secondary N) is 3. The number of pyridine rings is 1. The molecule has 2 fully saturated rings. The fourth-order valence-electron chi connectivity index (χ4n) is 6.41. The van der Waals surface area contributed by atoms with Gasteiger partial charge >= 0.3 is 5.97 Å². The summed E-state index contributed by atoms with van der Waals surface area (Å²) in [5.74, 6) is -1.83. The lowest BCUT2D eigenvalue weighted by atomic mass is 9.72. The number of cyclic esters (lactones) is 1. The maximum atomic E-state index is 14.2. The normalized spacial score (nSPS) is 29.9. The molecular formula is C34H45N5O6. The maximum Gasteiger partial charge on any atom is 0.325 e. The van der Waals surface area contributed by atoms with Crippen LogP contribution in [0.2, 0.25) is 0 Å². The van der Waals surface area contributed by atoms with Gasteiger partial charge in [0.1, 0.15) is 24.2 Å². The second-order valence-electron chi connectivity index (χ2n) is 13.5. The Morgan fingerprint density at radius 1 is 1.04 bits per heavy atom. The number of rotatable bonds is 1. The summed E-state index contributed by atoms with van der Waals surface area (Å²) in [5.41, 5.74) is 3.69. The number of benzene rings is 1. The average molecular weight is 620 g/mol. The van der Waals surface area contributed by atoms with Crippen molar-refractivity contribution in [1.29, 1.82) is 0 Å². The van der Waals surface area contributed by atoms with Gasteiger partial charge in [0, 0.05) is 18.5 Å². The van der Waals surface area contributed by atoms with Crippen molar-refractivity contribution < 1.29 is 28.7 Å². The molecule has 5 rings (SSSR count). The molecule has 5 atom stereocenters. The number of hydrogen-bond donors (Lipinski definition) is 3. The smallest absolute Gasteiger partial charge is 0.325 e. The van der Waals surface area contributed by atoms with Crippen molar-refractivity contribution in [3.8, 4) is 0 Å². The van der Waals surface area contributed by atoms with Crippen LogP contribution in [0.15, 0.2) is 36.4 Å². The van der Waals surface area contributed by atoms with Gasteiger partial charge in [-0.1, -0.05) is 44.2 Å². The molecule has 242 valence electrons. The van der Waals surface area contributed by atoms with Gasteiger partial charge in [-0.05, 0) is 77.0 Å². The minimum absolute atomic E-state index is 0.248. The number of hydrazine groups is 1. The molecule has 45 heavy (non-hydrogen) atoms. The lowest BCUT2D eigenvalue weighted by Gasteiger charge is -2.43. The molecule has 1 aromatic carbocycles. The lowest BCUT2D eigenvalue weighted by Crippen LogP contribution is -2.61. The molecule has 3 N–H and O–H groups in total. The SMILES string of the molecule is CC(C)[C@@H]1NC(=O)[C@]2(C=Cc3ccc4ccc(nc4c3)[C@@H](C)OC(=O)[C@@H]3CCCN(N3)C(=O)[C@H](C)NC1=O)CCOC(C)(C)C2. The Morgan fingerprint density at radius 3 is 2.53 bits per heavy atom. The number of ether oxygens (including phenoxy) is 2. The molecule has 1 spiro atoms. The van der Waals surface area contributed by atoms with E-state index in [0.29, 0.717) is 44.5 Å². The summed E-state index contributed by atoms with van der Waals surface area (Å²) in [6.45, 7) is 11.8. The second kappa shape index (κ2) is 12.9. The molecule has 4 heterocycles. The summed E-state index contributed by atoms with van der Waals surface area (Å²) in [6.07, 6.45) is 5.18. The van der Waals surface area contributed by atoms with Crippen LogP contribution in [0.5, 0.6) is 0 Å². The first-order valence-electron chi connectivity index (χ1n) is 15.9. The Labute approximate surface area is 264 Å². The fraction of sp³-hybridized carbons (Fsp3) is 0.559. The van der Waals surface area contributed by atoms with Crippen LogP contribution in [0.4, 0.5) is 0 Å². The van der Waals surface area contributed by atoms with Crippen LogP contribution in [0.1, 0.15) is 84.6 Å². The molecule has 3 amide bonds. The highest BCUT2D eigenvalue weighted by molar-refractivity contribution is 5.94. The van der Waals surface area contributed by atoms with Gasteiger partial charge in [-0.2, -0.15) is 0 Å². The van der Waals surface area contributed by atoms with E-state index in [0.717, 1.165) is 16.5 Å². The van der Waals surface area contributed by atoms with Crippen molar-refractivity contribution in [2.75, 3.05) is 13.2 Å². The van der Waals surface area contributed by atoms with Crippen molar-refractivity contribution in [1.82, 2.24) is 26.1 Å². The highest BCUT2D eigenvalue weighted by atomic mass is 16.5. The van der Waals surface area contributed by atoms with Crippen LogP contribution in [-0.4, -0.2) is 70.6 Å². The summed E-state index contributed by atoms with van der Waals surface area (Å²) in [4.78, 5) is 59.1. The Balaban J connectivity index is 1.55. The Bertz CT molecular complexity index is 1510. The van der Waals surface area contributed by atoms with Crippen LogP contribution < -0.4 is 16.1 Å². The predicted molar refractivity (Wildman–Crippen MR) is 169 cm³/mol. The van der Waals surface area contributed by atoms with E-state index in [9.17, 15) is 19.2 Å². The summed E-state index contributed by atoms with van der Waals surface area (Å²) in [7, 11) is 0. The van der Waals surface area contributed by atoms with Crippen molar-refractivity contribution in [3.63, 3.8) is 0 Å². The van der Waals surface area contributed by atoms with Gasteiger partial charge in [0.15, 0.2) is 0 Å². The van der Waals surface area contributed by atoms with E-state index in [1.165, 1.54) is 5.01 Å². The number of fused-ring (bicyclic) bond motifs is 4. The quantitative estimate of drug-likeness (QED) is 0.412. The Kier molecular flexibility index (Phi) is 9.32. The fourth-order valence-corrected chi connectivity index (χ4v) is 6.41. The van der Waals surface area contributed by atoms with Gasteiger partial charge in [0.05, 0.1) is 22.2 Å². The molecule has 0 saturated carbocycles. The second-order valence-corrected chi connectivity index (χ2v) is 13.5. The molecule has 0 aliphatic carbocycles. The monoisotopic (exact) mass is 619 g/mol. The zero-order valence-electron chi connectivity index (χ0n) is 27.0. The van der Waals surface area contributed by atoms with Crippen LogP contribution in [0, 0.1) is 11.3 Å². The van der Waals surface area contributed by atoms with E-state index < -0.39 is 47.1 Å². The third-order valence-corrected chi connectivity index (χ3v) is 8.98. The summed E-state index contributed by atoms with van der Waals surface area (Å²) < 4.78 is 11.8. The van der Waals surface area contributed by atoms with Crippen molar-refractivity contribution in [2.24, 2.45) is 11.3 Å². The van der Waals surface area contributed by atoms with Gasteiger partial charge in [0.2, 0.25) is 11.8 Å². The van der Waals surface area contributed by atoms with Crippen LogP contribution in [0.3, 0.4) is 0 Å². The van der Waals surface area contributed by atoms with E-state index in [1.807, 2.05) is 70.2 Å². The number of hydrogen-bond acceptors (Lipinski definition) is 8. The highest BCUT2D eigenvalue weighted by Crippen LogP contribution is 2.41. The first kappa shape index (κ1) is 32.6. The number of carbonyl (C=O) groups excluding carboxylic acids is 4. The van der Waals surface area contributed by atoms with Gasteiger partial charge in [-0.3, -0.25) is 24.2 Å². The predicted octanol–water partition coefficient (Wildman–Crippen LogP) is 3.58. The van der Waals surface area contributed by atoms with Gasteiger partial charge in [-0.25, -0.2) is 10.4 Å². The zero-order valence-corrected chi connectivity index (χ0v) is 27.0. The molecular weight excluding hydrogens is 574 g/mol. The Hall–Kier alpha value is -3.83. The molecule has 2 aromatic rings. The minimum Gasteiger partial charge on any atom is -0.455 e. The number of aromatic nitrogens is 1. The molecule has 3 aliphatic heterocycles. The van der Waals surface area contributed by atoms with Crippen LogP contribution >= 0.6 is 0 Å². The summed E-state index contributed by atoms with van der Waals surface area (Å²) in [6, 6.07) is 7.17. The molecule has 3 aliphatic rings. The zero-order chi connectivity index (χ0) is 32.5. The van der Waals surface area contributed by atoms with Crippen molar-refractivity contribution in [3.05, 3.63) is 47.7 Å². The molecule has 0 radical (unpaired) electrons. The third kappa shape index (κ3) is 7.20. The van der Waals surface area contributed by atoms with Crippen molar-refractivity contribution >= 4 is 40.7 Å². The van der Waals surface area contributed by atoms with Gasteiger partial charge < -0.3 is 20.1 Å². The first-order valence-corrected chi connectivity index (χ1v) is 15.9. The molecule has 2 saturated heterocycles. The molecule has 11 heteroatoms. The summed E-state index contributed by atoms with van der Waals surface area (Å²) >= 11 is 0. The van der Waals surface area contributed by atoms with E-state index in [2.05, 4.69) is 16.1 Å².